The Kier molecular flexibility index (Phi) is 3.91. The van der Waals surface area contributed by atoms with Gasteiger partial charge in [-0.1, -0.05) is 0 Å². The minimum atomic E-state index is -0.0746. The summed E-state index contributed by atoms with van der Waals surface area (Å²) < 4.78 is 1.97. The number of halogens is 1. The average Bonchev–Trinajstić information content (AvgIpc) is 2.55. The van der Waals surface area contributed by atoms with E-state index in [1.807, 2.05) is 11.8 Å². The second kappa shape index (κ2) is 5.23. The molecule has 0 amide bonds. The number of aromatic nitrogens is 2. The normalized spacial score (nSPS) is 17.2. The molecular weight excluding hydrogens is 290 g/mol. The van der Waals surface area contributed by atoms with Gasteiger partial charge in [0.25, 0.3) is 5.56 Å². The SMILES string of the molecule is Cn1ncc(N2CCCSCC2)c(Br)c1=O. The maximum atomic E-state index is 11.7. The Labute approximate surface area is 107 Å². The molecule has 1 aliphatic rings. The summed E-state index contributed by atoms with van der Waals surface area (Å²) in [5.41, 5.74) is 0.847. The zero-order valence-corrected chi connectivity index (χ0v) is 11.6. The van der Waals surface area contributed by atoms with Crippen LogP contribution in [0, 0.1) is 0 Å². The van der Waals surface area contributed by atoms with Crippen LogP contribution in [0.1, 0.15) is 6.42 Å². The van der Waals surface area contributed by atoms with Gasteiger partial charge in [-0.2, -0.15) is 16.9 Å². The summed E-state index contributed by atoms with van der Waals surface area (Å²) >= 11 is 5.34. The Morgan fingerprint density at radius 2 is 2.25 bits per heavy atom. The van der Waals surface area contributed by atoms with Gasteiger partial charge < -0.3 is 4.90 Å². The largest absolute Gasteiger partial charge is 0.368 e. The van der Waals surface area contributed by atoms with Crippen LogP contribution in [0.25, 0.3) is 0 Å². The number of hydrogen-bond acceptors (Lipinski definition) is 4. The minimum Gasteiger partial charge on any atom is -0.368 e. The molecule has 16 heavy (non-hydrogen) atoms. The van der Waals surface area contributed by atoms with E-state index in [9.17, 15) is 4.79 Å². The maximum absolute atomic E-state index is 11.7. The van der Waals surface area contributed by atoms with Gasteiger partial charge in [-0.3, -0.25) is 4.79 Å². The lowest BCUT2D eigenvalue weighted by Crippen LogP contribution is -2.30. The molecule has 1 aromatic heterocycles. The topological polar surface area (TPSA) is 38.1 Å². The number of rotatable bonds is 1. The molecule has 4 nitrogen and oxygen atoms in total. The first-order chi connectivity index (χ1) is 7.70. The van der Waals surface area contributed by atoms with E-state index in [2.05, 4.69) is 25.9 Å². The van der Waals surface area contributed by atoms with Gasteiger partial charge in [0.05, 0.1) is 11.9 Å². The second-order valence-corrected chi connectivity index (χ2v) is 5.74. The number of thioether (sulfide) groups is 1. The van der Waals surface area contributed by atoms with E-state index in [0.717, 1.165) is 31.0 Å². The van der Waals surface area contributed by atoms with Crippen LogP contribution in [-0.2, 0) is 7.05 Å². The van der Waals surface area contributed by atoms with Crippen molar-refractivity contribution in [3.05, 3.63) is 21.0 Å². The van der Waals surface area contributed by atoms with Gasteiger partial charge in [-0.15, -0.1) is 0 Å². The number of aryl methyl sites for hydroxylation is 1. The van der Waals surface area contributed by atoms with Crippen molar-refractivity contribution in [3.63, 3.8) is 0 Å². The average molecular weight is 304 g/mol. The van der Waals surface area contributed by atoms with E-state index in [4.69, 9.17) is 0 Å². The zero-order valence-electron chi connectivity index (χ0n) is 9.15. The Morgan fingerprint density at radius 3 is 3.06 bits per heavy atom. The molecule has 0 aliphatic carbocycles. The van der Waals surface area contributed by atoms with Gasteiger partial charge in [0, 0.05) is 25.9 Å². The molecule has 0 N–H and O–H groups in total. The van der Waals surface area contributed by atoms with Crippen molar-refractivity contribution in [2.45, 2.75) is 6.42 Å². The fourth-order valence-electron chi connectivity index (χ4n) is 1.71. The van der Waals surface area contributed by atoms with Crippen molar-refractivity contribution in [1.29, 1.82) is 0 Å². The fourth-order valence-corrected chi connectivity index (χ4v) is 3.21. The molecule has 1 aromatic rings. The monoisotopic (exact) mass is 303 g/mol. The van der Waals surface area contributed by atoms with Crippen molar-refractivity contribution < 1.29 is 0 Å². The Balaban J connectivity index is 2.32. The standard InChI is InChI=1S/C10H14BrN3OS/c1-13-10(15)9(11)8(7-12-13)14-3-2-5-16-6-4-14/h7H,2-6H2,1H3. The van der Waals surface area contributed by atoms with Crippen molar-refractivity contribution in [1.82, 2.24) is 9.78 Å². The molecule has 2 heterocycles. The highest BCUT2D eigenvalue weighted by Crippen LogP contribution is 2.23. The first-order valence-corrected chi connectivity index (χ1v) is 7.19. The van der Waals surface area contributed by atoms with Crippen LogP contribution >= 0.6 is 27.7 Å². The highest BCUT2D eigenvalue weighted by molar-refractivity contribution is 9.10. The van der Waals surface area contributed by atoms with E-state index in [0.29, 0.717) is 4.47 Å². The third kappa shape index (κ3) is 2.43. The summed E-state index contributed by atoms with van der Waals surface area (Å²) in [5.74, 6) is 2.31. The molecule has 0 spiro atoms. The molecular formula is C10H14BrN3OS. The van der Waals surface area contributed by atoms with Gasteiger partial charge in [0.1, 0.15) is 4.47 Å². The van der Waals surface area contributed by atoms with E-state index < -0.39 is 0 Å². The van der Waals surface area contributed by atoms with Crippen molar-refractivity contribution in [3.8, 4) is 0 Å². The summed E-state index contributed by atoms with van der Waals surface area (Å²) in [6, 6.07) is 0. The molecule has 88 valence electrons. The van der Waals surface area contributed by atoms with Crippen LogP contribution in [0.15, 0.2) is 15.5 Å². The number of anilines is 1. The molecule has 0 aromatic carbocycles. The van der Waals surface area contributed by atoms with Crippen LogP contribution in [0.4, 0.5) is 5.69 Å². The second-order valence-electron chi connectivity index (χ2n) is 3.73. The van der Waals surface area contributed by atoms with Gasteiger partial charge in [-0.05, 0) is 28.1 Å². The van der Waals surface area contributed by atoms with Gasteiger partial charge >= 0.3 is 0 Å². The van der Waals surface area contributed by atoms with Gasteiger partial charge in [0.15, 0.2) is 0 Å². The minimum absolute atomic E-state index is 0.0746. The van der Waals surface area contributed by atoms with Gasteiger partial charge in [-0.25, -0.2) is 4.68 Å². The maximum Gasteiger partial charge on any atom is 0.282 e. The Hall–Kier alpha value is -0.490. The number of hydrogen-bond donors (Lipinski definition) is 0. The van der Waals surface area contributed by atoms with Crippen molar-refractivity contribution in [2.24, 2.45) is 7.05 Å². The van der Waals surface area contributed by atoms with Crippen molar-refractivity contribution >= 4 is 33.4 Å². The van der Waals surface area contributed by atoms with E-state index in [1.165, 1.54) is 10.4 Å². The van der Waals surface area contributed by atoms with Crippen LogP contribution in [-0.4, -0.2) is 34.4 Å². The smallest absolute Gasteiger partial charge is 0.282 e. The summed E-state index contributed by atoms with van der Waals surface area (Å²) in [6.07, 6.45) is 2.92. The third-order valence-corrected chi connectivity index (χ3v) is 4.42. The highest BCUT2D eigenvalue weighted by Gasteiger charge is 2.15. The zero-order chi connectivity index (χ0) is 11.5. The summed E-state index contributed by atoms with van der Waals surface area (Å²) in [6.45, 7) is 1.98. The molecule has 0 saturated carbocycles. The van der Waals surface area contributed by atoms with Crippen LogP contribution < -0.4 is 10.5 Å². The van der Waals surface area contributed by atoms with E-state index >= 15 is 0 Å². The van der Waals surface area contributed by atoms with Crippen molar-refractivity contribution in [2.75, 3.05) is 29.5 Å². The molecule has 1 saturated heterocycles. The molecule has 0 radical (unpaired) electrons. The molecule has 0 atom stereocenters. The lowest BCUT2D eigenvalue weighted by Gasteiger charge is -2.22. The summed E-state index contributed by atoms with van der Waals surface area (Å²) in [7, 11) is 1.66. The van der Waals surface area contributed by atoms with E-state index in [1.54, 1.807) is 13.2 Å². The Morgan fingerprint density at radius 1 is 1.44 bits per heavy atom. The Bertz CT molecular complexity index is 427. The van der Waals surface area contributed by atoms with Crippen LogP contribution in [0.3, 0.4) is 0 Å². The molecule has 6 heteroatoms. The lowest BCUT2D eigenvalue weighted by molar-refractivity contribution is 0.694. The first-order valence-electron chi connectivity index (χ1n) is 5.24. The molecule has 0 unspecified atom stereocenters. The predicted molar refractivity (Wildman–Crippen MR) is 71.3 cm³/mol. The first kappa shape index (κ1) is 12.0. The quantitative estimate of drug-likeness (QED) is 0.788. The van der Waals surface area contributed by atoms with Crippen LogP contribution in [0.2, 0.25) is 0 Å². The highest BCUT2D eigenvalue weighted by atomic mass is 79.9. The summed E-state index contributed by atoms with van der Waals surface area (Å²) in [4.78, 5) is 14.0. The van der Waals surface area contributed by atoms with Gasteiger partial charge in [0.2, 0.25) is 0 Å². The summed E-state index contributed by atoms with van der Waals surface area (Å²) in [5, 5.41) is 4.07. The fraction of sp³-hybridized carbons (Fsp3) is 0.600. The molecule has 0 bridgehead atoms. The van der Waals surface area contributed by atoms with Crippen LogP contribution in [0.5, 0.6) is 0 Å². The number of nitrogens with zero attached hydrogens (tertiary/aromatic N) is 3. The third-order valence-electron chi connectivity index (χ3n) is 2.62. The molecule has 1 aliphatic heterocycles. The molecule has 2 rings (SSSR count). The van der Waals surface area contributed by atoms with E-state index in [-0.39, 0.29) is 5.56 Å². The molecule has 1 fully saturated rings. The predicted octanol–water partition coefficient (Wildman–Crippen LogP) is 1.49. The lowest BCUT2D eigenvalue weighted by atomic mass is 10.3.